The first kappa shape index (κ1) is 23.9. The molecule has 2 aromatic carbocycles. The second-order valence-electron chi connectivity index (χ2n) is 8.16. The van der Waals surface area contributed by atoms with Crippen LogP contribution in [0.5, 0.6) is 0 Å². The maximum Gasteiger partial charge on any atom is 0.297 e. The molecule has 0 unspecified atom stereocenters. The molecular formula is C22H26Cl2O4S. The highest BCUT2D eigenvalue weighted by molar-refractivity contribution is 7.86. The first-order valence-corrected chi connectivity index (χ1v) is 11.6. The van der Waals surface area contributed by atoms with Crippen molar-refractivity contribution in [2.24, 2.45) is 5.41 Å². The van der Waals surface area contributed by atoms with Crippen molar-refractivity contribution >= 4 is 39.1 Å². The summed E-state index contributed by atoms with van der Waals surface area (Å²) < 4.78 is 31.1. The number of benzene rings is 2. The van der Waals surface area contributed by atoms with Gasteiger partial charge in [-0.2, -0.15) is 8.42 Å². The predicted octanol–water partition coefficient (Wildman–Crippen LogP) is 6.32. The average molecular weight is 457 g/mol. The summed E-state index contributed by atoms with van der Waals surface area (Å²) in [7, 11) is -4.02. The van der Waals surface area contributed by atoms with E-state index in [9.17, 15) is 13.2 Å². The summed E-state index contributed by atoms with van der Waals surface area (Å²) in [5.74, 6) is -0.396. The van der Waals surface area contributed by atoms with Crippen molar-refractivity contribution in [3.05, 3.63) is 63.1 Å². The van der Waals surface area contributed by atoms with E-state index in [-0.39, 0.29) is 33.1 Å². The molecule has 0 N–H and O–H groups in total. The van der Waals surface area contributed by atoms with Crippen LogP contribution in [-0.2, 0) is 20.7 Å². The summed E-state index contributed by atoms with van der Waals surface area (Å²) in [6, 6.07) is 9.27. The Hall–Kier alpha value is -1.40. The van der Waals surface area contributed by atoms with E-state index in [1.165, 1.54) is 18.2 Å². The third-order valence-electron chi connectivity index (χ3n) is 4.22. The molecule has 0 aliphatic rings. The average Bonchev–Trinajstić information content (AvgIpc) is 2.65. The summed E-state index contributed by atoms with van der Waals surface area (Å²) >= 11 is 12.1. The van der Waals surface area contributed by atoms with Crippen LogP contribution in [-0.4, -0.2) is 20.8 Å². The third kappa shape index (κ3) is 6.54. The number of carbonyl (C=O) groups is 1. The lowest BCUT2D eigenvalue weighted by Crippen LogP contribution is -2.20. The lowest BCUT2D eigenvalue weighted by molar-refractivity contribution is 0.103. The van der Waals surface area contributed by atoms with E-state index >= 15 is 0 Å². The van der Waals surface area contributed by atoms with Crippen molar-refractivity contribution in [1.82, 2.24) is 0 Å². The van der Waals surface area contributed by atoms with E-state index in [1.807, 2.05) is 27.7 Å². The second kappa shape index (κ2) is 9.61. The molecule has 4 nitrogen and oxygen atoms in total. The Labute approximate surface area is 183 Å². The largest absolute Gasteiger partial charge is 0.297 e. The van der Waals surface area contributed by atoms with Crippen LogP contribution in [0.25, 0.3) is 0 Å². The molecule has 0 aliphatic heterocycles. The van der Waals surface area contributed by atoms with Crippen molar-refractivity contribution in [3.8, 4) is 0 Å². The van der Waals surface area contributed by atoms with Crippen molar-refractivity contribution < 1.29 is 17.4 Å². The Bertz CT molecular complexity index is 992. The van der Waals surface area contributed by atoms with E-state index in [2.05, 4.69) is 0 Å². The molecule has 0 saturated heterocycles. The second-order valence-corrected chi connectivity index (χ2v) is 10.6. The van der Waals surface area contributed by atoms with Crippen molar-refractivity contribution in [2.45, 2.75) is 51.9 Å². The van der Waals surface area contributed by atoms with E-state index in [0.29, 0.717) is 17.0 Å². The Balaban J connectivity index is 2.50. The van der Waals surface area contributed by atoms with Gasteiger partial charge in [-0.3, -0.25) is 8.98 Å². The fraction of sp³-hybridized carbons (Fsp3) is 0.409. The van der Waals surface area contributed by atoms with Gasteiger partial charge in [-0.25, -0.2) is 0 Å². The number of ketones is 1. The van der Waals surface area contributed by atoms with Gasteiger partial charge in [-0.1, -0.05) is 69.5 Å². The highest BCUT2D eigenvalue weighted by atomic mass is 35.5. The summed E-state index contributed by atoms with van der Waals surface area (Å²) in [4.78, 5) is 13.0. The molecule has 2 aromatic rings. The minimum Gasteiger partial charge on any atom is -0.289 e. The van der Waals surface area contributed by atoms with Gasteiger partial charge >= 0.3 is 0 Å². The standard InChI is InChI=1S/C22H26Cl2O4S/c1-5-6-7-15-8-9-16(21(25)18-13-17(23)10-11-19(18)24)12-20(15)29(26,27)28-14-22(2,3)4/h8-13H,5-7,14H2,1-4H3. The Morgan fingerprint density at radius 2 is 1.76 bits per heavy atom. The molecule has 158 valence electrons. The van der Waals surface area contributed by atoms with E-state index in [1.54, 1.807) is 18.2 Å². The molecule has 0 bridgehead atoms. The number of hydrogen-bond acceptors (Lipinski definition) is 4. The zero-order valence-corrected chi connectivity index (χ0v) is 19.4. The normalized spacial score (nSPS) is 12.2. The fourth-order valence-corrected chi connectivity index (χ4v) is 4.42. The molecule has 0 radical (unpaired) electrons. The molecule has 7 heteroatoms. The summed E-state index contributed by atoms with van der Waals surface area (Å²) in [5.41, 5.74) is 0.750. The van der Waals surface area contributed by atoms with Crippen molar-refractivity contribution in [1.29, 1.82) is 0 Å². The van der Waals surface area contributed by atoms with Gasteiger partial charge < -0.3 is 0 Å². The van der Waals surface area contributed by atoms with Crippen molar-refractivity contribution in [2.75, 3.05) is 6.61 Å². The smallest absolute Gasteiger partial charge is 0.289 e. The van der Waals surface area contributed by atoms with Gasteiger partial charge in [0.25, 0.3) is 10.1 Å². The van der Waals surface area contributed by atoms with E-state index in [0.717, 1.165) is 12.8 Å². The quantitative estimate of drug-likeness (QED) is 0.344. The molecule has 0 saturated carbocycles. The van der Waals surface area contributed by atoms with Crippen LogP contribution in [0.15, 0.2) is 41.3 Å². The topological polar surface area (TPSA) is 60.4 Å². The zero-order chi connectivity index (χ0) is 21.8. The van der Waals surface area contributed by atoms with Crippen LogP contribution in [0.2, 0.25) is 10.0 Å². The number of unbranched alkanes of at least 4 members (excludes halogenated alkanes) is 1. The highest BCUT2D eigenvalue weighted by Crippen LogP contribution is 2.28. The van der Waals surface area contributed by atoms with Crippen LogP contribution in [0.3, 0.4) is 0 Å². The zero-order valence-electron chi connectivity index (χ0n) is 17.1. The highest BCUT2D eigenvalue weighted by Gasteiger charge is 2.25. The number of rotatable bonds is 8. The van der Waals surface area contributed by atoms with Gasteiger partial charge in [0.1, 0.15) is 0 Å². The fourth-order valence-electron chi connectivity index (χ4n) is 2.65. The van der Waals surface area contributed by atoms with Gasteiger partial charge in [-0.05, 0) is 48.1 Å². The summed E-state index contributed by atoms with van der Waals surface area (Å²) in [6.07, 6.45) is 2.33. The maximum atomic E-state index is 13.0. The lowest BCUT2D eigenvalue weighted by Gasteiger charge is -2.19. The van der Waals surface area contributed by atoms with Crippen LogP contribution >= 0.6 is 23.2 Å². The first-order chi connectivity index (χ1) is 13.4. The Kier molecular flexibility index (Phi) is 7.91. The summed E-state index contributed by atoms with van der Waals surface area (Å²) in [5, 5.41) is 0.626. The van der Waals surface area contributed by atoms with Crippen LogP contribution < -0.4 is 0 Å². The predicted molar refractivity (Wildman–Crippen MR) is 118 cm³/mol. The van der Waals surface area contributed by atoms with Crippen LogP contribution in [0.4, 0.5) is 0 Å². The Morgan fingerprint density at radius 3 is 2.38 bits per heavy atom. The van der Waals surface area contributed by atoms with E-state index in [4.69, 9.17) is 27.4 Å². The molecule has 0 heterocycles. The van der Waals surface area contributed by atoms with Gasteiger partial charge in [-0.15, -0.1) is 0 Å². The van der Waals surface area contributed by atoms with Crippen LogP contribution in [0.1, 0.15) is 62.0 Å². The number of aryl methyl sites for hydroxylation is 1. The minimum absolute atomic E-state index is 0.0270. The van der Waals surface area contributed by atoms with Crippen LogP contribution in [0, 0.1) is 5.41 Å². The number of halogens is 2. The molecule has 2 rings (SSSR count). The molecular weight excluding hydrogens is 431 g/mol. The number of hydrogen-bond donors (Lipinski definition) is 0. The van der Waals surface area contributed by atoms with Gasteiger partial charge in [0, 0.05) is 16.1 Å². The number of carbonyl (C=O) groups excluding carboxylic acids is 1. The monoisotopic (exact) mass is 456 g/mol. The van der Waals surface area contributed by atoms with Gasteiger partial charge in [0.15, 0.2) is 5.78 Å². The molecule has 29 heavy (non-hydrogen) atoms. The lowest BCUT2D eigenvalue weighted by atomic mass is 9.99. The minimum atomic E-state index is -4.02. The molecule has 0 spiro atoms. The molecule has 0 fully saturated rings. The molecule has 0 amide bonds. The first-order valence-electron chi connectivity index (χ1n) is 9.47. The van der Waals surface area contributed by atoms with Gasteiger partial charge in [0.2, 0.25) is 0 Å². The SMILES string of the molecule is CCCCc1ccc(C(=O)c2cc(Cl)ccc2Cl)cc1S(=O)(=O)OCC(C)(C)C. The maximum absolute atomic E-state index is 13.0. The van der Waals surface area contributed by atoms with Gasteiger partial charge in [0.05, 0.1) is 16.5 Å². The molecule has 0 aromatic heterocycles. The third-order valence-corrected chi connectivity index (χ3v) is 6.13. The molecule has 0 atom stereocenters. The van der Waals surface area contributed by atoms with Crippen molar-refractivity contribution in [3.63, 3.8) is 0 Å². The Morgan fingerprint density at radius 1 is 1.07 bits per heavy atom. The van der Waals surface area contributed by atoms with E-state index < -0.39 is 15.9 Å². The molecule has 0 aliphatic carbocycles. The summed E-state index contributed by atoms with van der Waals surface area (Å²) in [6.45, 7) is 7.75.